The number of nitrogens with one attached hydrogen (secondary N) is 1. The summed E-state index contributed by atoms with van der Waals surface area (Å²) in [7, 11) is 1.74. The second-order valence-electron chi connectivity index (χ2n) is 9.77. The van der Waals surface area contributed by atoms with Crippen LogP contribution in [0.5, 0.6) is 6.01 Å². The van der Waals surface area contributed by atoms with E-state index in [0.29, 0.717) is 23.8 Å². The van der Waals surface area contributed by atoms with Crippen LogP contribution in [0, 0.1) is 12.8 Å². The van der Waals surface area contributed by atoms with E-state index in [1.54, 1.807) is 17.8 Å². The summed E-state index contributed by atoms with van der Waals surface area (Å²) in [6.45, 7) is 11.1. The van der Waals surface area contributed by atoms with Gasteiger partial charge in [-0.1, -0.05) is 19.4 Å². The zero-order chi connectivity index (χ0) is 25.5. The Morgan fingerprint density at radius 3 is 2.75 bits per heavy atom. The summed E-state index contributed by atoms with van der Waals surface area (Å²) < 4.78 is 12.7. The number of piperidine rings is 1. The maximum absolute atomic E-state index is 6.15. The first kappa shape index (κ1) is 26.1. The molecule has 1 atom stereocenters. The van der Waals surface area contributed by atoms with Gasteiger partial charge in [-0.2, -0.15) is 4.98 Å². The fourth-order valence-electron chi connectivity index (χ4n) is 4.84. The molecule has 0 bridgehead atoms. The van der Waals surface area contributed by atoms with Gasteiger partial charge in [0, 0.05) is 39.4 Å². The number of pyridine rings is 1. The Labute approximate surface area is 213 Å². The van der Waals surface area contributed by atoms with Crippen molar-refractivity contribution in [2.75, 3.05) is 50.5 Å². The Kier molecular flexibility index (Phi) is 8.93. The molecule has 10 nitrogen and oxygen atoms in total. The second-order valence-corrected chi connectivity index (χ2v) is 9.77. The Balaban J connectivity index is 1.41. The van der Waals surface area contributed by atoms with Gasteiger partial charge in [-0.05, 0) is 56.7 Å². The third-order valence-corrected chi connectivity index (χ3v) is 6.76. The van der Waals surface area contributed by atoms with Crippen LogP contribution in [0.2, 0.25) is 0 Å². The third kappa shape index (κ3) is 6.41. The van der Waals surface area contributed by atoms with Crippen LogP contribution in [-0.4, -0.2) is 70.6 Å². The molecule has 0 saturated carbocycles. The van der Waals surface area contributed by atoms with Crippen molar-refractivity contribution < 1.29 is 9.47 Å². The maximum Gasteiger partial charge on any atom is 0.336 e. The van der Waals surface area contributed by atoms with Crippen LogP contribution in [-0.2, 0) is 11.2 Å². The van der Waals surface area contributed by atoms with Crippen LogP contribution in [0.3, 0.4) is 0 Å². The number of aryl methyl sites for hydroxylation is 1. The standard InChI is InChI=1S/C26H40N8O2/c1-5-6-19(3)36-26-31-23(27)25-30-17-22(34(25)32-26)14-21-13-18(2)24(29-16-21)33-10-7-20(8-11-33)15-28-9-12-35-4/h13,16-17,19-20,28H,5-12,14-15H2,1-4H3,(H2,27,31,32). The van der Waals surface area contributed by atoms with E-state index in [1.807, 2.05) is 13.1 Å². The molecule has 3 aromatic rings. The van der Waals surface area contributed by atoms with E-state index in [4.69, 9.17) is 20.2 Å². The van der Waals surface area contributed by atoms with E-state index >= 15 is 0 Å². The largest absolute Gasteiger partial charge is 0.459 e. The minimum atomic E-state index is 0.0233. The number of nitrogen functional groups attached to an aromatic ring is 1. The zero-order valence-electron chi connectivity index (χ0n) is 22.0. The molecule has 3 N–H and O–H groups in total. The molecule has 4 rings (SSSR count). The van der Waals surface area contributed by atoms with Crippen LogP contribution in [0.15, 0.2) is 18.5 Å². The molecule has 1 saturated heterocycles. The van der Waals surface area contributed by atoms with Crippen LogP contribution in [0.25, 0.3) is 5.65 Å². The number of nitrogens with zero attached hydrogens (tertiary/aromatic N) is 6. The van der Waals surface area contributed by atoms with Crippen molar-refractivity contribution in [3.8, 4) is 6.01 Å². The molecule has 1 aliphatic rings. The second kappa shape index (κ2) is 12.3. The average Bonchev–Trinajstić information content (AvgIpc) is 3.25. The van der Waals surface area contributed by atoms with Crippen molar-refractivity contribution in [1.82, 2.24) is 29.9 Å². The molecule has 36 heavy (non-hydrogen) atoms. The lowest BCUT2D eigenvalue weighted by Crippen LogP contribution is -2.38. The number of aromatic nitrogens is 5. The normalized spacial score (nSPS) is 15.5. The number of hydrogen-bond donors (Lipinski definition) is 2. The van der Waals surface area contributed by atoms with E-state index in [9.17, 15) is 0 Å². The van der Waals surface area contributed by atoms with Crippen molar-refractivity contribution >= 4 is 17.3 Å². The van der Waals surface area contributed by atoms with Gasteiger partial charge < -0.3 is 25.4 Å². The van der Waals surface area contributed by atoms with Gasteiger partial charge in [-0.25, -0.2) is 14.5 Å². The molecule has 1 aliphatic heterocycles. The number of anilines is 2. The van der Waals surface area contributed by atoms with E-state index < -0.39 is 0 Å². The van der Waals surface area contributed by atoms with Crippen LogP contribution in [0.1, 0.15) is 56.4 Å². The van der Waals surface area contributed by atoms with E-state index in [1.165, 1.54) is 18.4 Å². The number of ether oxygens (including phenoxy) is 2. The number of methoxy groups -OCH3 is 1. The van der Waals surface area contributed by atoms with Gasteiger partial charge in [-0.15, -0.1) is 5.10 Å². The topological polar surface area (TPSA) is 116 Å². The molecule has 0 radical (unpaired) electrons. The van der Waals surface area contributed by atoms with Crippen LogP contribution >= 0.6 is 0 Å². The summed E-state index contributed by atoms with van der Waals surface area (Å²) >= 11 is 0. The number of fused-ring (bicyclic) bond motifs is 1. The summed E-state index contributed by atoms with van der Waals surface area (Å²) in [6.07, 6.45) is 8.74. The molecule has 4 heterocycles. The molecule has 0 spiro atoms. The summed E-state index contributed by atoms with van der Waals surface area (Å²) in [6, 6.07) is 2.49. The molecule has 1 unspecified atom stereocenters. The SMILES string of the molecule is CCCC(C)Oc1nc(N)c2ncc(Cc3cnc(N4CCC(CNCCOC)CC4)c(C)c3)n2n1. The van der Waals surface area contributed by atoms with Gasteiger partial charge in [-0.3, -0.25) is 0 Å². The Hall–Kier alpha value is -2.98. The zero-order valence-corrected chi connectivity index (χ0v) is 22.0. The third-order valence-electron chi connectivity index (χ3n) is 6.76. The molecule has 10 heteroatoms. The molecule has 3 aromatic heterocycles. The van der Waals surface area contributed by atoms with Crippen molar-refractivity contribution in [2.45, 2.75) is 59.0 Å². The number of nitrogens with two attached hydrogens (primary N) is 1. The summed E-state index contributed by atoms with van der Waals surface area (Å²) in [5.41, 5.74) is 9.90. The number of imidazole rings is 1. The molecule has 196 valence electrons. The van der Waals surface area contributed by atoms with Gasteiger partial charge in [0.05, 0.1) is 24.6 Å². The van der Waals surface area contributed by atoms with E-state index in [0.717, 1.165) is 62.7 Å². The van der Waals surface area contributed by atoms with E-state index in [-0.39, 0.29) is 12.1 Å². The van der Waals surface area contributed by atoms with Crippen LogP contribution in [0.4, 0.5) is 11.6 Å². The van der Waals surface area contributed by atoms with Crippen molar-refractivity contribution in [3.63, 3.8) is 0 Å². The molecular formula is C26H40N8O2. The molecule has 1 fully saturated rings. The molecule has 0 amide bonds. The first-order valence-electron chi connectivity index (χ1n) is 13.0. The summed E-state index contributed by atoms with van der Waals surface area (Å²) in [5, 5.41) is 8.06. The maximum atomic E-state index is 6.15. The highest BCUT2D eigenvalue weighted by atomic mass is 16.5. The minimum absolute atomic E-state index is 0.0233. The van der Waals surface area contributed by atoms with Crippen molar-refractivity contribution in [3.05, 3.63) is 35.3 Å². The van der Waals surface area contributed by atoms with E-state index in [2.05, 4.69) is 45.2 Å². The molecule has 0 aliphatic carbocycles. The van der Waals surface area contributed by atoms with Crippen molar-refractivity contribution in [2.24, 2.45) is 5.92 Å². The Morgan fingerprint density at radius 2 is 2.03 bits per heavy atom. The smallest absolute Gasteiger partial charge is 0.336 e. The van der Waals surface area contributed by atoms with Gasteiger partial charge in [0.2, 0.25) is 0 Å². The van der Waals surface area contributed by atoms with Gasteiger partial charge >= 0.3 is 6.01 Å². The predicted molar refractivity (Wildman–Crippen MR) is 142 cm³/mol. The first-order valence-corrected chi connectivity index (χ1v) is 13.0. The van der Waals surface area contributed by atoms with Gasteiger partial charge in [0.15, 0.2) is 11.5 Å². The highest BCUT2D eigenvalue weighted by molar-refractivity contribution is 5.60. The molecular weight excluding hydrogens is 456 g/mol. The summed E-state index contributed by atoms with van der Waals surface area (Å²) in [5.74, 6) is 2.10. The first-order chi connectivity index (χ1) is 17.5. The lowest BCUT2D eigenvalue weighted by molar-refractivity contribution is 0.189. The van der Waals surface area contributed by atoms with Gasteiger partial charge in [0.1, 0.15) is 5.82 Å². The predicted octanol–water partition coefficient (Wildman–Crippen LogP) is 3.02. The Bertz CT molecular complexity index is 1130. The molecule has 0 aromatic carbocycles. The lowest BCUT2D eigenvalue weighted by atomic mass is 9.96. The minimum Gasteiger partial charge on any atom is -0.459 e. The quantitative estimate of drug-likeness (QED) is 0.365. The van der Waals surface area contributed by atoms with Crippen LogP contribution < -0.4 is 20.7 Å². The number of hydrogen-bond acceptors (Lipinski definition) is 9. The lowest BCUT2D eigenvalue weighted by Gasteiger charge is -2.33. The number of rotatable bonds is 12. The average molecular weight is 497 g/mol. The monoisotopic (exact) mass is 496 g/mol. The fourth-order valence-corrected chi connectivity index (χ4v) is 4.84. The Morgan fingerprint density at radius 1 is 1.22 bits per heavy atom. The van der Waals surface area contributed by atoms with Gasteiger partial charge in [0.25, 0.3) is 0 Å². The highest BCUT2D eigenvalue weighted by Crippen LogP contribution is 2.26. The fraction of sp³-hybridized carbons (Fsp3) is 0.615. The van der Waals surface area contributed by atoms with Crippen molar-refractivity contribution in [1.29, 1.82) is 0 Å². The summed E-state index contributed by atoms with van der Waals surface area (Å²) in [4.78, 5) is 16.0. The highest BCUT2D eigenvalue weighted by Gasteiger charge is 2.21.